The number of ether oxygens (including phenoxy) is 2. The van der Waals surface area contributed by atoms with Gasteiger partial charge >= 0.3 is 6.09 Å². The highest BCUT2D eigenvalue weighted by atomic mass is 16.5. The fourth-order valence-electron chi connectivity index (χ4n) is 9.35. The van der Waals surface area contributed by atoms with Crippen LogP contribution in [0.3, 0.4) is 0 Å². The van der Waals surface area contributed by atoms with Crippen LogP contribution in [0.25, 0.3) is 11.0 Å². The van der Waals surface area contributed by atoms with Crippen LogP contribution in [0.15, 0.2) is 255 Å². The molecule has 8 aromatic carbocycles. The summed E-state index contributed by atoms with van der Waals surface area (Å²) in [5.74, 6) is -0.327. The number of pyridine rings is 1. The largest absolute Gasteiger partial charge is 0.445 e. The van der Waals surface area contributed by atoms with Crippen molar-refractivity contribution in [1.29, 1.82) is 0 Å². The number of aromatic nitrogens is 3. The molecule has 0 aliphatic heterocycles. The minimum atomic E-state index is -1.05. The van der Waals surface area contributed by atoms with Gasteiger partial charge in [-0.3, -0.25) is 4.79 Å². The zero-order chi connectivity index (χ0) is 47.6. The zero-order valence-corrected chi connectivity index (χ0v) is 38.2. The minimum absolute atomic E-state index is 0.0418. The SMILES string of the molecule is O=C(NC(COC(c1ccccc1)(c1ccccc1)c1ccccc1)c1ccc(C(=O)Nc2ccnc3c2cnn3C(c2ccccc2)(c2ccccc2)c2ccccc2)cc1)OCc1ccccc1. The lowest BCUT2D eigenvalue weighted by Gasteiger charge is -2.37. The Morgan fingerprint density at radius 1 is 0.529 bits per heavy atom. The summed E-state index contributed by atoms with van der Waals surface area (Å²) < 4.78 is 14.9. The predicted octanol–water partition coefficient (Wildman–Crippen LogP) is 12.5. The molecule has 10 aromatic rings. The van der Waals surface area contributed by atoms with E-state index in [2.05, 4.69) is 83.4 Å². The molecule has 0 spiro atoms. The van der Waals surface area contributed by atoms with Gasteiger partial charge in [0.05, 0.1) is 29.9 Å². The molecular weight excluding hydrogens is 867 g/mol. The number of amides is 2. The van der Waals surface area contributed by atoms with E-state index in [1.807, 2.05) is 156 Å². The number of alkyl carbamates (subject to hydrolysis) is 1. The molecule has 1 atom stereocenters. The lowest BCUT2D eigenvalue weighted by molar-refractivity contribution is -0.000798. The lowest BCUT2D eigenvalue weighted by Crippen LogP contribution is -2.38. The number of anilines is 1. The van der Waals surface area contributed by atoms with Gasteiger partial charge in [0, 0.05) is 11.8 Å². The average molecular weight is 916 g/mol. The maximum Gasteiger partial charge on any atom is 0.408 e. The maximum absolute atomic E-state index is 14.3. The highest BCUT2D eigenvalue weighted by molar-refractivity contribution is 6.08. The van der Waals surface area contributed by atoms with E-state index in [4.69, 9.17) is 19.6 Å². The predicted molar refractivity (Wildman–Crippen MR) is 274 cm³/mol. The Balaban J connectivity index is 0.972. The van der Waals surface area contributed by atoms with Gasteiger partial charge in [0.1, 0.15) is 17.7 Å². The molecule has 70 heavy (non-hydrogen) atoms. The van der Waals surface area contributed by atoms with Crippen LogP contribution >= 0.6 is 0 Å². The number of fused-ring (bicyclic) bond motifs is 1. The molecule has 10 rings (SSSR count). The van der Waals surface area contributed by atoms with Gasteiger partial charge in [-0.25, -0.2) is 14.5 Å². The average Bonchev–Trinajstić information content (AvgIpc) is 3.88. The summed E-state index contributed by atoms with van der Waals surface area (Å²) in [7, 11) is 0. The summed E-state index contributed by atoms with van der Waals surface area (Å²) in [6, 6.07) is 78.9. The Labute approximate surface area is 407 Å². The topological polar surface area (TPSA) is 107 Å². The van der Waals surface area contributed by atoms with Gasteiger partial charge in [0.25, 0.3) is 5.91 Å². The highest BCUT2D eigenvalue weighted by Gasteiger charge is 2.41. The monoisotopic (exact) mass is 915 g/mol. The second-order valence-corrected chi connectivity index (χ2v) is 16.9. The van der Waals surface area contributed by atoms with Crippen LogP contribution in [0.2, 0.25) is 0 Å². The standard InChI is InChI=1S/C61H49N5O4/c67-58(64-55-40-41-62-57-54(55)42-63-66(57)60(48-24-10-2-11-25-48,49-26-12-3-13-27-49)50-28-14-4-15-29-50)47-38-36-46(37-39-47)56(65-59(68)69-43-45-22-8-1-9-23-45)44-70-61(51-30-16-5-17-31-51,52-32-18-6-19-33-52)53-34-20-7-21-35-53/h1-42,56H,43-44H2,(H,65,68)(H,62,64,67). The first kappa shape index (κ1) is 44.9. The van der Waals surface area contributed by atoms with E-state index in [-0.39, 0.29) is 19.1 Å². The number of carbonyl (C=O) groups excluding carboxylic acids is 2. The van der Waals surface area contributed by atoms with E-state index < -0.39 is 23.3 Å². The molecule has 0 fully saturated rings. The van der Waals surface area contributed by atoms with Crippen molar-refractivity contribution in [3.63, 3.8) is 0 Å². The molecular formula is C61H49N5O4. The minimum Gasteiger partial charge on any atom is -0.445 e. The third-order valence-electron chi connectivity index (χ3n) is 12.7. The van der Waals surface area contributed by atoms with Crippen molar-refractivity contribution in [2.24, 2.45) is 0 Å². The van der Waals surface area contributed by atoms with Crippen molar-refractivity contribution in [3.8, 4) is 0 Å². The van der Waals surface area contributed by atoms with E-state index in [0.717, 1.165) is 38.9 Å². The Kier molecular flexibility index (Phi) is 13.2. The van der Waals surface area contributed by atoms with Crippen LogP contribution in [0, 0.1) is 0 Å². The van der Waals surface area contributed by atoms with Crippen LogP contribution < -0.4 is 10.6 Å². The first-order valence-electron chi connectivity index (χ1n) is 23.2. The Morgan fingerprint density at radius 2 is 0.971 bits per heavy atom. The number of nitrogens with zero attached hydrogens (tertiary/aromatic N) is 3. The summed E-state index contributed by atoms with van der Waals surface area (Å²) in [6.07, 6.45) is 2.85. The first-order valence-corrected chi connectivity index (χ1v) is 23.2. The molecule has 342 valence electrons. The molecule has 0 aliphatic carbocycles. The molecule has 0 saturated carbocycles. The van der Waals surface area contributed by atoms with Crippen LogP contribution in [0.5, 0.6) is 0 Å². The van der Waals surface area contributed by atoms with Gasteiger partial charge in [-0.2, -0.15) is 5.10 Å². The van der Waals surface area contributed by atoms with Crippen molar-refractivity contribution in [2.45, 2.75) is 23.8 Å². The summed E-state index contributed by atoms with van der Waals surface area (Å²) in [5.41, 5.74) is 6.95. The van der Waals surface area contributed by atoms with Crippen molar-refractivity contribution in [3.05, 3.63) is 305 Å². The van der Waals surface area contributed by atoms with Crippen molar-refractivity contribution < 1.29 is 19.1 Å². The first-order chi connectivity index (χ1) is 34.5. The van der Waals surface area contributed by atoms with Gasteiger partial charge in [0.15, 0.2) is 5.65 Å². The van der Waals surface area contributed by atoms with Gasteiger partial charge in [-0.15, -0.1) is 0 Å². The number of nitrogens with one attached hydrogen (secondary N) is 2. The Bertz CT molecular complexity index is 3090. The number of rotatable bonds is 16. The summed E-state index contributed by atoms with van der Waals surface area (Å²) in [6.45, 7) is 0.133. The quantitative estimate of drug-likeness (QED) is 0.0935. The van der Waals surface area contributed by atoms with Gasteiger partial charge < -0.3 is 20.1 Å². The number of hydrogen-bond donors (Lipinski definition) is 2. The molecule has 2 aromatic heterocycles. The molecule has 2 heterocycles. The summed E-state index contributed by atoms with van der Waals surface area (Å²) in [5, 5.41) is 12.0. The van der Waals surface area contributed by atoms with E-state index in [1.54, 1.807) is 30.6 Å². The smallest absolute Gasteiger partial charge is 0.408 e. The molecule has 9 nitrogen and oxygen atoms in total. The zero-order valence-electron chi connectivity index (χ0n) is 38.2. The number of hydrogen-bond acceptors (Lipinski definition) is 6. The van der Waals surface area contributed by atoms with Crippen molar-refractivity contribution in [1.82, 2.24) is 20.1 Å². The van der Waals surface area contributed by atoms with Crippen LogP contribution in [0.1, 0.15) is 60.9 Å². The Morgan fingerprint density at radius 3 is 1.44 bits per heavy atom. The van der Waals surface area contributed by atoms with Crippen molar-refractivity contribution >= 4 is 28.7 Å². The fourth-order valence-corrected chi connectivity index (χ4v) is 9.35. The fraction of sp³-hybridized carbons (Fsp3) is 0.0820. The molecule has 0 radical (unpaired) electrons. The van der Waals surface area contributed by atoms with Crippen LogP contribution in [-0.2, 0) is 27.2 Å². The van der Waals surface area contributed by atoms with Gasteiger partial charge in [0.2, 0.25) is 0 Å². The van der Waals surface area contributed by atoms with E-state index in [9.17, 15) is 9.59 Å². The van der Waals surface area contributed by atoms with E-state index >= 15 is 0 Å². The molecule has 0 bridgehead atoms. The van der Waals surface area contributed by atoms with E-state index in [0.29, 0.717) is 27.8 Å². The molecule has 2 amide bonds. The second-order valence-electron chi connectivity index (χ2n) is 16.9. The van der Waals surface area contributed by atoms with Crippen LogP contribution in [-0.4, -0.2) is 33.4 Å². The normalized spacial score (nSPS) is 11.9. The lowest BCUT2D eigenvalue weighted by atomic mass is 9.77. The van der Waals surface area contributed by atoms with Crippen LogP contribution in [0.4, 0.5) is 10.5 Å². The third-order valence-corrected chi connectivity index (χ3v) is 12.7. The van der Waals surface area contributed by atoms with Gasteiger partial charge in [-0.05, 0) is 62.7 Å². The molecule has 9 heteroatoms. The van der Waals surface area contributed by atoms with Crippen molar-refractivity contribution in [2.75, 3.05) is 11.9 Å². The molecule has 2 N–H and O–H groups in total. The summed E-state index contributed by atoms with van der Waals surface area (Å²) >= 11 is 0. The molecule has 0 saturated heterocycles. The second kappa shape index (κ2) is 20.5. The number of benzene rings is 8. The summed E-state index contributed by atoms with van der Waals surface area (Å²) in [4.78, 5) is 32.8. The van der Waals surface area contributed by atoms with E-state index in [1.165, 1.54) is 0 Å². The maximum atomic E-state index is 14.3. The molecule has 0 aliphatic rings. The number of carbonyl (C=O) groups is 2. The molecule has 1 unspecified atom stereocenters. The highest BCUT2D eigenvalue weighted by Crippen LogP contribution is 2.43. The van der Waals surface area contributed by atoms with Gasteiger partial charge in [-0.1, -0.05) is 224 Å². The Hall–Kier alpha value is -8.92. The third kappa shape index (κ3) is 8.97.